The maximum atomic E-state index is 12.9. The summed E-state index contributed by atoms with van der Waals surface area (Å²) in [4.78, 5) is 42.4. The van der Waals surface area contributed by atoms with Crippen LogP contribution >= 0.6 is 0 Å². The van der Waals surface area contributed by atoms with E-state index in [9.17, 15) is 14.4 Å². The highest BCUT2D eigenvalue weighted by Gasteiger charge is 2.38. The lowest BCUT2D eigenvalue weighted by Gasteiger charge is -2.34. The Morgan fingerprint density at radius 2 is 1.96 bits per heavy atom. The lowest BCUT2D eigenvalue weighted by molar-refractivity contribution is -0.129. The highest BCUT2D eigenvalue weighted by molar-refractivity contribution is 6.08. The Balaban J connectivity index is 1.88. The second-order valence-corrected chi connectivity index (χ2v) is 6.72. The zero-order chi connectivity index (χ0) is 20.4. The number of pyridine rings is 1. The first-order valence-corrected chi connectivity index (χ1v) is 8.71. The van der Waals surface area contributed by atoms with Crippen LogP contribution in [0.4, 0.5) is 17.3 Å². The van der Waals surface area contributed by atoms with Crippen LogP contribution in [-0.4, -0.2) is 35.4 Å². The molecule has 3 amide bonds. The van der Waals surface area contributed by atoms with Gasteiger partial charge in [-0.25, -0.2) is 4.98 Å². The minimum absolute atomic E-state index is 0.112. The van der Waals surface area contributed by atoms with Crippen LogP contribution in [0.5, 0.6) is 5.75 Å². The van der Waals surface area contributed by atoms with Crippen LogP contribution in [0.25, 0.3) is 0 Å². The largest absolute Gasteiger partial charge is 0.476 e. The molecule has 1 atom stereocenters. The van der Waals surface area contributed by atoms with E-state index in [4.69, 9.17) is 16.2 Å². The number of hydrogen-bond donors (Lipinski definition) is 3. The Bertz CT molecular complexity index is 944. The second kappa shape index (κ2) is 7.55. The number of nitrogens with zero attached hydrogens (tertiary/aromatic N) is 2. The van der Waals surface area contributed by atoms with E-state index in [2.05, 4.69) is 10.3 Å². The molecular formula is C19H21N5O4. The smallest absolute Gasteiger partial charge is 0.270 e. The second-order valence-electron chi connectivity index (χ2n) is 6.72. The molecule has 0 radical (unpaired) electrons. The molecular weight excluding hydrogens is 362 g/mol. The van der Waals surface area contributed by atoms with E-state index in [1.54, 1.807) is 30.3 Å². The number of aromatic nitrogens is 1. The van der Waals surface area contributed by atoms with Crippen LogP contribution in [0.3, 0.4) is 0 Å². The molecule has 0 aliphatic carbocycles. The van der Waals surface area contributed by atoms with Crippen molar-refractivity contribution in [3.05, 3.63) is 42.0 Å². The van der Waals surface area contributed by atoms with Crippen molar-refractivity contribution in [2.75, 3.05) is 22.5 Å². The van der Waals surface area contributed by atoms with Gasteiger partial charge in [-0.2, -0.15) is 0 Å². The maximum Gasteiger partial charge on any atom is 0.270 e. The number of hydrogen-bond acceptors (Lipinski definition) is 6. The molecule has 2 heterocycles. The number of rotatable bonds is 5. The van der Waals surface area contributed by atoms with Crippen molar-refractivity contribution in [1.82, 2.24) is 4.98 Å². The van der Waals surface area contributed by atoms with Crippen molar-refractivity contribution < 1.29 is 19.1 Å². The van der Waals surface area contributed by atoms with Gasteiger partial charge in [0, 0.05) is 0 Å². The Morgan fingerprint density at radius 1 is 1.25 bits per heavy atom. The number of primary amides is 1. The van der Waals surface area contributed by atoms with E-state index in [1.165, 1.54) is 11.0 Å². The van der Waals surface area contributed by atoms with Gasteiger partial charge < -0.3 is 21.5 Å². The van der Waals surface area contributed by atoms with Gasteiger partial charge in [0.15, 0.2) is 17.7 Å². The van der Waals surface area contributed by atoms with Crippen LogP contribution in [0.1, 0.15) is 24.2 Å². The van der Waals surface area contributed by atoms with Crippen molar-refractivity contribution in [3.8, 4) is 5.75 Å². The summed E-state index contributed by atoms with van der Waals surface area (Å²) in [5.41, 5.74) is 11.5. The molecule has 9 heteroatoms. The average molecular weight is 383 g/mol. The highest BCUT2D eigenvalue weighted by Crippen LogP contribution is 2.34. The van der Waals surface area contributed by atoms with Crippen molar-refractivity contribution in [2.45, 2.75) is 20.0 Å². The summed E-state index contributed by atoms with van der Waals surface area (Å²) < 4.78 is 5.74. The Labute approximate surface area is 161 Å². The predicted octanol–water partition coefficient (Wildman–Crippen LogP) is 1.15. The maximum absolute atomic E-state index is 12.9. The lowest BCUT2D eigenvalue weighted by Crippen LogP contribution is -2.51. The minimum Gasteiger partial charge on any atom is -0.476 e. The average Bonchev–Trinajstić information content (AvgIpc) is 2.64. The predicted molar refractivity (Wildman–Crippen MR) is 104 cm³/mol. The number of nitrogen functional groups attached to an aromatic ring is 1. The normalized spacial score (nSPS) is 15.8. The summed E-state index contributed by atoms with van der Waals surface area (Å²) in [5, 5.41) is 2.62. The van der Waals surface area contributed by atoms with E-state index < -0.39 is 17.9 Å². The molecule has 28 heavy (non-hydrogen) atoms. The summed E-state index contributed by atoms with van der Waals surface area (Å²) in [6.45, 7) is 3.38. The van der Waals surface area contributed by atoms with E-state index in [0.717, 1.165) is 0 Å². The first-order chi connectivity index (χ1) is 13.3. The topological polar surface area (TPSA) is 141 Å². The SMILES string of the molecule is CC(C)C1Oc2ccc(N)nc2N(CC(=O)Nc2ccccc2C(N)=O)C1=O. The molecule has 0 bridgehead atoms. The summed E-state index contributed by atoms with van der Waals surface area (Å²) in [7, 11) is 0. The zero-order valence-electron chi connectivity index (χ0n) is 15.5. The highest BCUT2D eigenvalue weighted by atomic mass is 16.5. The van der Waals surface area contributed by atoms with Crippen LogP contribution in [0.15, 0.2) is 36.4 Å². The molecule has 1 aliphatic rings. The van der Waals surface area contributed by atoms with Crippen LogP contribution in [0, 0.1) is 5.92 Å². The number of para-hydroxylation sites is 1. The number of amides is 3. The standard InChI is InChI=1S/C19H21N5O4/c1-10(2)16-19(27)24(18-13(28-16)7-8-14(20)23-18)9-15(25)22-12-6-4-3-5-11(12)17(21)26/h3-8,10,16H,9H2,1-2H3,(H2,20,23)(H2,21,26)(H,22,25). The van der Waals surface area contributed by atoms with Crippen LogP contribution in [-0.2, 0) is 9.59 Å². The molecule has 5 N–H and O–H groups in total. The summed E-state index contributed by atoms with van der Waals surface area (Å²) in [6.07, 6.45) is -0.747. The lowest BCUT2D eigenvalue weighted by atomic mass is 10.0. The number of anilines is 3. The van der Waals surface area contributed by atoms with Gasteiger partial charge in [-0.1, -0.05) is 26.0 Å². The van der Waals surface area contributed by atoms with Crippen LogP contribution < -0.4 is 26.4 Å². The molecule has 1 aromatic carbocycles. The molecule has 0 spiro atoms. The third-order valence-electron chi connectivity index (χ3n) is 4.25. The number of carbonyl (C=O) groups is 3. The fraction of sp³-hybridized carbons (Fsp3) is 0.263. The van der Waals surface area contributed by atoms with Crippen LogP contribution in [0.2, 0.25) is 0 Å². The Kier molecular flexibility index (Phi) is 5.16. The molecule has 9 nitrogen and oxygen atoms in total. The molecule has 2 aromatic rings. The van der Waals surface area contributed by atoms with Crippen molar-refractivity contribution in [3.63, 3.8) is 0 Å². The minimum atomic E-state index is -0.747. The van der Waals surface area contributed by atoms with E-state index in [1.807, 2.05) is 13.8 Å². The fourth-order valence-corrected chi connectivity index (χ4v) is 2.90. The van der Waals surface area contributed by atoms with Crippen molar-refractivity contribution >= 4 is 35.0 Å². The number of ether oxygens (including phenoxy) is 1. The van der Waals surface area contributed by atoms with Gasteiger partial charge in [0.2, 0.25) is 5.91 Å². The van der Waals surface area contributed by atoms with Crippen molar-refractivity contribution in [1.29, 1.82) is 0 Å². The Hall–Kier alpha value is -3.62. The first kappa shape index (κ1) is 19.2. The van der Waals surface area contributed by atoms with E-state index >= 15 is 0 Å². The number of nitrogens with one attached hydrogen (secondary N) is 1. The first-order valence-electron chi connectivity index (χ1n) is 8.71. The molecule has 1 aliphatic heterocycles. The molecule has 1 aromatic heterocycles. The Morgan fingerprint density at radius 3 is 2.64 bits per heavy atom. The van der Waals surface area contributed by atoms with Gasteiger partial charge in [0.25, 0.3) is 11.8 Å². The number of benzene rings is 1. The van der Waals surface area contributed by atoms with Gasteiger partial charge >= 0.3 is 0 Å². The molecule has 146 valence electrons. The number of nitrogens with two attached hydrogens (primary N) is 2. The van der Waals surface area contributed by atoms with Gasteiger partial charge in [-0.3, -0.25) is 19.3 Å². The molecule has 0 fully saturated rings. The summed E-state index contributed by atoms with van der Waals surface area (Å²) in [6, 6.07) is 9.54. The van der Waals surface area contributed by atoms with Crippen molar-refractivity contribution in [2.24, 2.45) is 11.7 Å². The third-order valence-corrected chi connectivity index (χ3v) is 4.25. The quantitative estimate of drug-likeness (QED) is 0.707. The van der Waals surface area contributed by atoms with Gasteiger partial charge in [-0.15, -0.1) is 0 Å². The summed E-state index contributed by atoms with van der Waals surface area (Å²) in [5.74, 6) is -0.932. The molecule has 3 rings (SSSR count). The third kappa shape index (κ3) is 3.73. The molecule has 0 saturated carbocycles. The monoisotopic (exact) mass is 383 g/mol. The van der Waals surface area contributed by atoms with E-state index in [-0.39, 0.29) is 41.3 Å². The number of carbonyl (C=O) groups excluding carboxylic acids is 3. The van der Waals surface area contributed by atoms with E-state index in [0.29, 0.717) is 5.75 Å². The molecule has 0 saturated heterocycles. The molecule has 1 unspecified atom stereocenters. The summed E-state index contributed by atoms with van der Waals surface area (Å²) >= 11 is 0. The van der Waals surface area contributed by atoms with Gasteiger partial charge in [-0.05, 0) is 30.2 Å². The van der Waals surface area contributed by atoms with Gasteiger partial charge in [0.1, 0.15) is 12.4 Å². The fourth-order valence-electron chi connectivity index (χ4n) is 2.90. The van der Waals surface area contributed by atoms with Gasteiger partial charge in [0.05, 0.1) is 11.3 Å². The number of fused-ring (bicyclic) bond motifs is 1. The zero-order valence-corrected chi connectivity index (χ0v) is 15.5.